The van der Waals surface area contributed by atoms with E-state index in [2.05, 4.69) is 6.92 Å². The highest BCUT2D eigenvalue weighted by Gasteiger charge is 2.44. The lowest BCUT2D eigenvalue weighted by Crippen LogP contribution is -2.51. The van der Waals surface area contributed by atoms with Crippen LogP contribution >= 0.6 is 0 Å². The molecule has 0 radical (unpaired) electrons. The summed E-state index contributed by atoms with van der Waals surface area (Å²) in [6, 6.07) is 0. The molecule has 0 spiro atoms. The third-order valence-corrected chi connectivity index (χ3v) is 8.03. The second-order valence-corrected chi connectivity index (χ2v) is 9.93. The molecule has 1 aliphatic heterocycles. The van der Waals surface area contributed by atoms with Crippen molar-refractivity contribution in [3.05, 3.63) is 0 Å². The maximum atomic E-state index is 13.0. The second kappa shape index (κ2) is 10.2. The van der Waals surface area contributed by atoms with Crippen molar-refractivity contribution < 1.29 is 23.7 Å². The summed E-state index contributed by atoms with van der Waals surface area (Å²) in [5.41, 5.74) is 0. The Labute approximate surface area is 176 Å². The molecule has 1 saturated heterocycles. The molecular weight excluding hydrogens is 368 g/mol. The zero-order valence-corrected chi connectivity index (χ0v) is 18.4. The first-order valence-corrected chi connectivity index (χ1v) is 12.1. The van der Waals surface area contributed by atoms with Crippen molar-refractivity contribution in [1.29, 1.82) is 0 Å². The van der Waals surface area contributed by atoms with E-state index in [0.717, 1.165) is 57.5 Å². The number of carbonyl (C=O) groups excluding carboxylic acids is 1. The summed E-state index contributed by atoms with van der Waals surface area (Å²) in [6.45, 7) is 3.67. The molecule has 6 atom stereocenters. The lowest BCUT2D eigenvalue weighted by Gasteiger charge is -2.42. The van der Waals surface area contributed by atoms with E-state index in [1.807, 2.05) is 0 Å². The fourth-order valence-electron chi connectivity index (χ4n) is 5.93. The molecule has 0 aromatic heterocycles. The van der Waals surface area contributed by atoms with Crippen LogP contribution in [-0.2, 0) is 23.7 Å². The van der Waals surface area contributed by atoms with Crippen molar-refractivity contribution in [2.75, 3.05) is 20.3 Å². The molecule has 6 unspecified atom stereocenters. The molecule has 0 N–H and O–H groups in total. The summed E-state index contributed by atoms with van der Waals surface area (Å²) in [7, 11) is 1.78. The Bertz CT molecular complexity index is 529. The predicted octanol–water partition coefficient (Wildman–Crippen LogP) is 4.31. The molecule has 29 heavy (non-hydrogen) atoms. The van der Waals surface area contributed by atoms with Crippen LogP contribution in [0.3, 0.4) is 0 Å². The fraction of sp³-hybridized carbons (Fsp3) is 0.958. The van der Waals surface area contributed by atoms with Crippen molar-refractivity contribution >= 4 is 5.78 Å². The average molecular weight is 409 g/mol. The zero-order valence-electron chi connectivity index (χ0n) is 18.4. The molecule has 0 bridgehead atoms. The van der Waals surface area contributed by atoms with Gasteiger partial charge in [0, 0.05) is 19.4 Å². The molecule has 0 aromatic rings. The highest BCUT2D eigenvalue weighted by atomic mass is 16.6. The molecule has 3 aliphatic carbocycles. The summed E-state index contributed by atoms with van der Waals surface area (Å²) in [6.07, 6.45) is 12.5. The average Bonchev–Trinajstić information content (AvgIpc) is 2.75. The lowest BCUT2D eigenvalue weighted by molar-refractivity contribution is -0.180. The van der Waals surface area contributed by atoms with Gasteiger partial charge in [0.05, 0.1) is 37.6 Å². The van der Waals surface area contributed by atoms with Gasteiger partial charge in [0.2, 0.25) is 0 Å². The van der Waals surface area contributed by atoms with Crippen molar-refractivity contribution in [3.63, 3.8) is 0 Å². The predicted molar refractivity (Wildman–Crippen MR) is 111 cm³/mol. The largest absolute Gasteiger partial charge is 0.381 e. The number of hydrogen-bond acceptors (Lipinski definition) is 5. The van der Waals surface area contributed by atoms with Crippen LogP contribution in [0.2, 0.25) is 0 Å². The number of carbonyl (C=O) groups is 1. The number of fused-ring (bicyclic) bond motifs is 1. The third kappa shape index (κ3) is 5.41. The highest BCUT2D eigenvalue weighted by molar-refractivity contribution is 5.87. The van der Waals surface area contributed by atoms with E-state index in [9.17, 15) is 4.79 Å². The number of rotatable bonds is 6. The SMILES string of the molecule is COC1CCC(OC2COC3CC(OCC4CCCCC4C)CCC3C2=O)CC1. The van der Waals surface area contributed by atoms with Crippen LogP contribution in [0.5, 0.6) is 0 Å². The van der Waals surface area contributed by atoms with Gasteiger partial charge in [-0.15, -0.1) is 0 Å². The molecule has 1 heterocycles. The molecule has 5 nitrogen and oxygen atoms in total. The van der Waals surface area contributed by atoms with Crippen LogP contribution < -0.4 is 0 Å². The van der Waals surface area contributed by atoms with Gasteiger partial charge in [-0.2, -0.15) is 0 Å². The Morgan fingerprint density at radius 1 is 0.931 bits per heavy atom. The minimum Gasteiger partial charge on any atom is -0.381 e. The zero-order chi connectivity index (χ0) is 20.2. The minimum atomic E-state index is -0.374. The molecule has 5 heteroatoms. The van der Waals surface area contributed by atoms with Gasteiger partial charge in [0.1, 0.15) is 6.10 Å². The number of ketones is 1. The van der Waals surface area contributed by atoms with Gasteiger partial charge in [-0.25, -0.2) is 0 Å². The van der Waals surface area contributed by atoms with Crippen LogP contribution in [0.15, 0.2) is 0 Å². The minimum absolute atomic E-state index is 0.00230. The number of methoxy groups -OCH3 is 1. The van der Waals surface area contributed by atoms with E-state index < -0.39 is 0 Å². The van der Waals surface area contributed by atoms with E-state index in [1.165, 1.54) is 25.7 Å². The number of Topliss-reactive ketones (excluding diaryl/α,β-unsaturated/α-hetero) is 1. The van der Waals surface area contributed by atoms with E-state index in [-0.39, 0.29) is 36.1 Å². The van der Waals surface area contributed by atoms with E-state index in [0.29, 0.717) is 18.6 Å². The van der Waals surface area contributed by atoms with Crippen molar-refractivity contribution in [1.82, 2.24) is 0 Å². The van der Waals surface area contributed by atoms with Crippen LogP contribution in [0.25, 0.3) is 0 Å². The monoisotopic (exact) mass is 408 g/mol. The Hall–Kier alpha value is -0.490. The van der Waals surface area contributed by atoms with Gasteiger partial charge >= 0.3 is 0 Å². The second-order valence-electron chi connectivity index (χ2n) is 9.93. The Kier molecular flexibility index (Phi) is 7.65. The van der Waals surface area contributed by atoms with Crippen LogP contribution in [0.1, 0.15) is 77.6 Å². The molecule has 4 rings (SSSR count). The van der Waals surface area contributed by atoms with Crippen molar-refractivity contribution in [2.45, 2.75) is 108 Å². The summed E-state index contributed by atoms with van der Waals surface area (Å²) >= 11 is 0. The molecule has 4 aliphatic rings. The lowest BCUT2D eigenvalue weighted by atomic mass is 9.78. The molecule has 3 saturated carbocycles. The first-order chi connectivity index (χ1) is 14.1. The van der Waals surface area contributed by atoms with Crippen LogP contribution in [0, 0.1) is 17.8 Å². The van der Waals surface area contributed by atoms with E-state index >= 15 is 0 Å². The van der Waals surface area contributed by atoms with E-state index in [4.69, 9.17) is 18.9 Å². The normalized spacial score (nSPS) is 43.7. The summed E-state index contributed by atoms with van der Waals surface area (Å²) in [5, 5.41) is 0. The number of ether oxygens (including phenoxy) is 4. The van der Waals surface area contributed by atoms with Crippen LogP contribution in [0.4, 0.5) is 0 Å². The fourth-order valence-corrected chi connectivity index (χ4v) is 5.93. The Balaban J connectivity index is 1.21. The smallest absolute Gasteiger partial charge is 0.169 e. The van der Waals surface area contributed by atoms with Gasteiger partial charge < -0.3 is 18.9 Å². The summed E-state index contributed by atoms with van der Waals surface area (Å²) in [5.74, 6) is 1.76. The van der Waals surface area contributed by atoms with Crippen LogP contribution in [-0.4, -0.2) is 56.6 Å². The standard InChI is InChI=1S/C24H40O5/c1-16-5-3-4-6-17(16)14-27-20-11-12-21-22(13-20)28-15-23(24(21)25)29-19-9-7-18(26-2)8-10-19/h16-23H,3-15H2,1-2H3. The molecule has 4 fully saturated rings. The van der Waals surface area contributed by atoms with Gasteiger partial charge in [-0.1, -0.05) is 26.2 Å². The molecule has 166 valence electrons. The highest BCUT2D eigenvalue weighted by Crippen LogP contribution is 2.36. The molecular formula is C24H40O5. The van der Waals surface area contributed by atoms with Gasteiger partial charge in [-0.3, -0.25) is 4.79 Å². The number of hydrogen-bond donors (Lipinski definition) is 0. The summed E-state index contributed by atoms with van der Waals surface area (Å²) in [4.78, 5) is 13.0. The first-order valence-electron chi connectivity index (χ1n) is 12.1. The maximum Gasteiger partial charge on any atom is 0.169 e. The molecule has 0 amide bonds. The quantitative estimate of drug-likeness (QED) is 0.656. The van der Waals surface area contributed by atoms with E-state index in [1.54, 1.807) is 7.11 Å². The van der Waals surface area contributed by atoms with Crippen molar-refractivity contribution in [3.8, 4) is 0 Å². The summed E-state index contributed by atoms with van der Waals surface area (Å²) < 4.78 is 24.1. The maximum absolute atomic E-state index is 13.0. The van der Waals surface area contributed by atoms with Gasteiger partial charge in [0.25, 0.3) is 0 Å². The Morgan fingerprint density at radius 3 is 2.41 bits per heavy atom. The van der Waals surface area contributed by atoms with Gasteiger partial charge in [-0.05, 0) is 56.8 Å². The topological polar surface area (TPSA) is 54.0 Å². The third-order valence-electron chi connectivity index (χ3n) is 8.03. The first kappa shape index (κ1) is 21.7. The Morgan fingerprint density at radius 2 is 1.66 bits per heavy atom. The van der Waals surface area contributed by atoms with Crippen molar-refractivity contribution in [2.24, 2.45) is 17.8 Å². The van der Waals surface area contributed by atoms with Gasteiger partial charge in [0.15, 0.2) is 5.78 Å². The molecule has 0 aromatic carbocycles.